The molecule has 7 nitrogen and oxygen atoms in total. The van der Waals surface area contributed by atoms with E-state index in [1.165, 1.54) is 0 Å². The third-order valence-electron chi connectivity index (χ3n) is 4.74. The van der Waals surface area contributed by atoms with Crippen LogP contribution in [0.1, 0.15) is 17.5 Å². The van der Waals surface area contributed by atoms with E-state index in [1.807, 2.05) is 31.2 Å². The van der Waals surface area contributed by atoms with E-state index in [-0.39, 0.29) is 18.2 Å². The summed E-state index contributed by atoms with van der Waals surface area (Å²) in [4.78, 5) is 26.5. The van der Waals surface area contributed by atoms with Crippen LogP contribution in [0.2, 0.25) is 0 Å². The Labute approximate surface area is 164 Å². The Morgan fingerprint density at radius 1 is 1.18 bits per heavy atom. The molecule has 0 spiro atoms. The maximum Gasteiger partial charge on any atom is 0.266 e. The fourth-order valence-electron chi connectivity index (χ4n) is 3.08. The molecule has 0 saturated heterocycles. The molecule has 3 rings (SSSR count). The van der Waals surface area contributed by atoms with Gasteiger partial charge in [-0.2, -0.15) is 0 Å². The van der Waals surface area contributed by atoms with Gasteiger partial charge in [-0.25, -0.2) is 0 Å². The number of nitrogens with zero attached hydrogens (tertiary/aromatic N) is 1. The Morgan fingerprint density at radius 3 is 2.57 bits per heavy atom. The predicted molar refractivity (Wildman–Crippen MR) is 105 cm³/mol. The van der Waals surface area contributed by atoms with Gasteiger partial charge < -0.3 is 24.4 Å². The minimum atomic E-state index is -0.851. The van der Waals surface area contributed by atoms with Crippen LogP contribution >= 0.6 is 0 Å². The van der Waals surface area contributed by atoms with Crippen molar-refractivity contribution >= 4 is 17.5 Å². The number of nitrogens with one attached hydrogen (secondary N) is 1. The highest BCUT2D eigenvalue weighted by atomic mass is 16.5. The van der Waals surface area contributed by atoms with E-state index in [0.29, 0.717) is 29.5 Å². The molecule has 1 N–H and O–H groups in total. The molecule has 0 unspecified atom stereocenters. The largest absolute Gasteiger partial charge is 0.493 e. The lowest BCUT2D eigenvalue weighted by Gasteiger charge is -2.27. The van der Waals surface area contributed by atoms with Crippen molar-refractivity contribution in [3.8, 4) is 17.2 Å². The van der Waals surface area contributed by atoms with E-state index in [9.17, 15) is 9.59 Å². The zero-order valence-electron chi connectivity index (χ0n) is 16.4. The van der Waals surface area contributed by atoms with Gasteiger partial charge in [-0.1, -0.05) is 12.1 Å². The molecule has 28 heavy (non-hydrogen) atoms. The van der Waals surface area contributed by atoms with E-state index in [1.54, 1.807) is 38.3 Å². The number of hydrogen-bond acceptors (Lipinski definition) is 5. The number of amides is 2. The Bertz CT molecular complexity index is 896. The second-order valence-corrected chi connectivity index (χ2v) is 6.68. The van der Waals surface area contributed by atoms with E-state index in [2.05, 4.69) is 5.32 Å². The first kappa shape index (κ1) is 19.5. The van der Waals surface area contributed by atoms with Gasteiger partial charge in [0.1, 0.15) is 5.75 Å². The molecule has 1 aliphatic rings. The quantitative estimate of drug-likeness (QED) is 0.829. The molecule has 0 radical (unpaired) electrons. The van der Waals surface area contributed by atoms with Gasteiger partial charge in [-0.05, 0) is 42.3 Å². The smallest absolute Gasteiger partial charge is 0.266 e. The minimum Gasteiger partial charge on any atom is -0.493 e. The summed E-state index contributed by atoms with van der Waals surface area (Å²) in [6.45, 7) is 2.33. The highest BCUT2D eigenvalue weighted by Gasteiger charge is 2.30. The Morgan fingerprint density at radius 2 is 1.86 bits per heavy atom. The molecule has 1 heterocycles. The molecule has 0 aromatic heterocycles. The number of aryl methyl sites for hydroxylation is 1. The van der Waals surface area contributed by atoms with Crippen LogP contribution in [0, 0.1) is 6.92 Å². The first-order valence-corrected chi connectivity index (χ1v) is 8.95. The number of carbonyl (C=O) groups is 2. The summed E-state index contributed by atoms with van der Waals surface area (Å²) in [5.74, 6) is 1.31. The standard InChI is InChI=1S/C21H24N2O5/c1-13-9-17(26-3)18(27-4)10-14(13)12-23(2)20(24)11-19-21(25)22-15-7-5-6-8-16(15)28-19/h5-10,19H,11-12H2,1-4H3,(H,22,25)/t19-/m0/s1. The van der Waals surface area contributed by atoms with Crippen molar-refractivity contribution in [1.82, 2.24) is 4.90 Å². The number of ether oxygens (including phenoxy) is 3. The van der Waals surface area contributed by atoms with E-state index < -0.39 is 6.10 Å². The highest BCUT2D eigenvalue weighted by Crippen LogP contribution is 2.32. The van der Waals surface area contributed by atoms with Gasteiger partial charge in [0.2, 0.25) is 5.91 Å². The van der Waals surface area contributed by atoms with Crippen molar-refractivity contribution in [1.29, 1.82) is 0 Å². The van der Waals surface area contributed by atoms with Gasteiger partial charge in [-0.3, -0.25) is 9.59 Å². The molecular formula is C21H24N2O5. The van der Waals surface area contributed by atoms with Gasteiger partial charge in [0.15, 0.2) is 17.6 Å². The SMILES string of the molecule is COc1cc(C)c(CN(C)C(=O)C[C@@H]2Oc3ccccc3NC2=O)cc1OC. The van der Waals surface area contributed by atoms with E-state index >= 15 is 0 Å². The molecule has 7 heteroatoms. The van der Waals surface area contributed by atoms with E-state index in [4.69, 9.17) is 14.2 Å². The average Bonchev–Trinajstić information content (AvgIpc) is 2.69. The number of hydrogen-bond donors (Lipinski definition) is 1. The summed E-state index contributed by atoms with van der Waals surface area (Å²) in [5, 5.41) is 2.78. The maximum absolute atomic E-state index is 12.7. The fraction of sp³-hybridized carbons (Fsp3) is 0.333. The van der Waals surface area contributed by atoms with Crippen molar-refractivity contribution < 1.29 is 23.8 Å². The molecule has 0 aliphatic carbocycles. The number of benzene rings is 2. The summed E-state index contributed by atoms with van der Waals surface area (Å²) in [6, 6.07) is 10.9. The molecule has 148 valence electrons. The molecule has 2 aromatic carbocycles. The normalized spacial score (nSPS) is 15.1. The van der Waals surface area contributed by atoms with Crippen molar-refractivity contribution in [2.24, 2.45) is 0 Å². The van der Waals surface area contributed by atoms with E-state index in [0.717, 1.165) is 11.1 Å². The van der Waals surface area contributed by atoms with Gasteiger partial charge in [0.25, 0.3) is 5.91 Å². The van der Waals surface area contributed by atoms with Crippen LogP contribution in [0.5, 0.6) is 17.2 Å². The monoisotopic (exact) mass is 384 g/mol. The van der Waals surface area contributed by atoms with Gasteiger partial charge in [-0.15, -0.1) is 0 Å². The van der Waals surface area contributed by atoms with Crippen LogP contribution in [-0.2, 0) is 16.1 Å². The number of methoxy groups -OCH3 is 2. The van der Waals surface area contributed by atoms with Crippen molar-refractivity contribution in [3.05, 3.63) is 47.5 Å². The first-order chi connectivity index (χ1) is 13.4. The lowest BCUT2D eigenvalue weighted by molar-refractivity contribution is -0.136. The topological polar surface area (TPSA) is 77.1 Å². The van der Waals surface area contributed by atoms with Crippen LogP contribution < -0.4 is 19.5 Å². The molecule has 0 bridgehead atoms. The fourth-order valence-corrected chi connectivity index (χ4v) is 3.08. The van der Waals surface area contributed by atoms with Gasteiger partial charge in [0.05, 0.1) is 26.3 Å². The second kappa shape index (κ2) is 8.21. The summed E-state index contributed by atoms with van der Waals surface area (Å²) in [7, 11) is 4.86. The van der Waals surface area contributed by atoms with Crippen LogP contribution in [0.25, 0.3) is 0 Å². The van der Waals surface area contributed by atoms with Crippen LogP contribution in [-0.4, -0.2) is 44.1 Å². The third-order valence-corrected chi connectivity index (χ3v) is 4.74. The first-order valence-electron chi connectivity index (χ1n) is 8.95. The van der Waals surface area contributed by atoms with Crippen LogP contribution in [0.4, 0.5) is 5.69 Å². The lowest BCUT2D eigenvalue weighted by atomic mass is 10.1. The lowest BCUT2D eigenvalue weighted by Crippen LogP contribution is -2.41. The Kier molecular flexibility index (Phi) is 5.73. The Hall–Kier alpha value is -3.22. The average molecular weight is 384 g/mol. The molecule has 1 atom stereocenters. The number of carbonyl (C=O) groups excluding carboxylic acids is 2. The van der Waals surface area contributed by atoms with Crippen molar-refractivity contribution in [2.75, 3.05) is 26.6 Å². The number of anilines is 1. The number of para-hydroxylation sites is 2. The summed E-state index contributed by atoms with van der Waals surface area (Å²) in [5.41, 5.74) is 2.54. The molecule has 2 amide bonds. The van der Waals surface area contributed by atoms with Crippen molar-refractivity contribution in [3.63, 3.8) is 0 Å². The maximum atomic E-state index is 12.7. The van der Waals surface area contributed by atoms with Crippen molar-refractivity contribution in [2.45, 2.75) is 26.0 Å². The van der Waals surface area contributed by atoms with Crippen LogP contribution in [0.15, 0.2) is 36.4 Å². The number of rotatable bonds is 6. The molecule has 0 fully saturated rings. The zero-order chi connectivity index (χ0) is 20.3. The zero-order valence-corrected chi connectivity index (χ0v) is 16.4. The molecule has 1 aliphatic heterocycles. The highest BCUT2D eigenvalue weighted by molar-refractivity contribution is 5.99. The molecular weight excluding hydrogens is 360 g/mol. The summed E-state index contributed by atoms with van der Waals surface area (Å²) < 4.78 is 16.4. The van der Waals surface area contributed by atoms with Gasteiger partial charge >= 0.3 is 0 Å². The van der Waals surface area contributed by atoms with Gasteiger partial charge in [0, 0.05) is 13.6 Å². The van der Waals surface area contributed by atoms with Crippen LogP contribution in [0.3, 0.4) is 0 Å². The summed E-state index contributed by atoms with van der Waals surface area (Å²) >= 11 is 0. The number of fused-ring (bicyclic) bond motifs is 1. The molecule has 0 saturated carbocycles. The molecule has 2 aromatic rings. The minimum absolute atomic E-state index is 0.0387. The summed E-state index contributed by atoms with van der Waals surface area (Å²) in [6.07, 6.45) is -0.889. The predicted octanol–water partition coefficient (Wildman–Crippen LogP) is 2.76. The third kappa shape index (κ3) is 4.03. The Balaban J connectivity index is 1.68. The second-order valence-electron chi connectivity index (χ2n) is 6.68.